The zero-order valence-corrected chi connectivity index (χ0v) is 19.4. The number of nitrogens with zero attached hydrogens (tertiary/aromatic N) is 4. The molecule has 0 spiro atoms. The number of aromatic nitrogens is 4. The Morgan fingerprint density at radius 3 is 2.50 bits per heavy atom. The first kappa shape index (κ1) is 22.0. The van der Waals surface area contributed by atoms with Crippen LogP contribution >= 0.6 is 0 Å². The summed E-state index contributed by atoms with van der Waals surface area (Å²) in [6.45, 7) is 0. The summed E-state index contributed by atoms with van der Waals surface area (Å²) < 4.78 is 14.9. The van der Waals surface area contributed by atoms with Crippen LogP contribution in [0.15, 0.2) is 49.1 Å². The zero-order valence-electron chi connectivity index (χ0n) is 19.4. The molecular weight excluding hydrogens is 434 g/mol. The van der Waals surface area contributed by atoms with Crippen molar-refractivity contribution in [1.82, 2.24) is 24.6 Å². The normalized spacial score (nSPS) is 17.8. The highest BCUT2D eigenvalue weighted by Gasteiger charge is 2.29. The number of rotatable bonds is 6. The monoisotopic (exact) mass is 461 g/mol. The van der Waals surface area contributed by atoms with E-state index in [4.69, 9.17) is 9.47 Å². The highest BCUT2D eigenvalue weighted by atomic mass is 16.5. The first-order valence-corrected chi connectivity index (χ1v) is 11.2. The Balaban J connectivity index is 1.52. The Morgan fingerprint density at radius 1 is 1.12 bits per heavy atom. The maximum atomic E-state index is 13.1. The summed E-state index contributed by atoms with van der Waals surface area (Å²) in [6, 6.07) is 9.36. The van der Waals surface area contributed by atoms with Gasteiger partial charge < -0.3 is 19.9 Å². The molecule has 2 aromatic heterocycles. The Morgan fingerprint density at radius 2 is 1.88 bits per heavy atom. The lowest BCUT2D eigenvalue weighted by molar-refractivity contribution is 0.0867. The molecule has 9 nitrogen and oxygen atoms in total. The first-order valence-electron chi connectivity index (χ1n) is 11.2. The molecule has 1 fully saturated rings. The number of methoxy groups -OCH3 is 2. The molecule has 1 saturated carbocycles. The molecule has 1 aliphatic rings. The fraction of sp³-hybridized carbons (Fsp3) is 0.320. The second-order valence-electron chi connectivity index (χ2n) is 8.52. The Hall–Kier alpha value is -3.85. The number of ether oxygens (including phenoxy) is 2. The number of imidazole rings is 1. The van der Waals surface area contributed by atoms with Crippen LogP contribution in [0.3, 0.4) is 0 Å². The molecule has 0 aliphatic heterocycles. The summed E-state index contributed by atoms with van der Waals surface area (Å²) in [4.78, 5) is 17.7. The largest absolute Gasteiger partial charge is 0.496 e. The van der Waals surface area contributed by atoms with Crippen molar-refractivity contribution in [2.45, 2.75) is 31.4 Å². The van der Waals surface area contributed by atoms with Gasteiger partial charge in [0.2, 0.25) is 0 Å². The van der Waals surface area contributed by atoms with Crippen molar-refractivity contribution in [2.24, 2.45) is 7.05 Å². The van der Waals surface area contributed by atoms with Gasteiger partial charge in [0, 0.05) is 30.9 Å². The number of amides is 1. The van der Waals surface area contributed by atoms with Crippen molar-refractivity contribution in [3.63, 3.8) is 0 Å². The summed E-state index contributed by atoms with van der Waals surface area (Å²) in [5.74, 6) is 0.434. The number of carbonyl (C=O) groups excluding carboxylic acids is 1. The highest BCUT2D eigenvalue weighted by molar-refractivity contribution is 6.00. The molecule has 1 aliphatic carbocycles. The number of benzene rings is 2. The fourth-order valence-corrected chi connectivity index (χ4v) is 4.58. The number of aryl methyl sites for hydroxylation is 1. The summed E-state index contributed by atoms with van der Waals surface area (Å²) in [6.07, 6.45) is 7.31. The summed E-state index contributed by atoms with van der Waals surface area (Å²) in [5, 5.41) is 17.3. The van der Waals surface area contributed by atoms with Gasteiger partial charge in [-0.15, -0.1) is 0 Å². The summed E-state index contributed by atoms with van der Waals surface area (Å²) in [5.41, 5.74) is 4.84. The van der Waals surface area contributed by atoms with Gasteiger partial charge in [-0.05, 0) is 37.0 Å². The van der Waals surface area contributed by atoms with Gasteiger partial charge in [0.15, 0.2) is 0 Å². The van der Waals surface area contributed by atoms with Gasteiger partial charge in [-0.1, -0.05) is 6.07 Å². The molecule has 2 atom stereocenters. The van der Waals surface area contributed by atoms with E-state index in [-0.39, 0.29) is 11.9 Å². The third kappa shape index (κ3) is 3.88. The molecule has 2 N–H and O–H groups in total. The van der Waals surface area contributed by atoms with Gasteiger partial charge in [0.1, 0.15) is 23.4 Å². The lowest BCUT2D eigenvalue weighted by atomic mass is 10.1. The van der Waals surface area contributed by atoms with Crippen LogP contribution in [0.4, 0.5) is 0 Å². The van der Waals surface area contributed by atoms with E-state index in [1.807, 2.05) is 42.2 Å². The first-order chi connectivity index (χ1) is 16.5. The van der Waals surface area contributed by atoms with Crippen molar-refractivity contribution in [2.75, 3.05) is 14.2 Å². The van der Waals surface area contributed by atoms with Crippen LogP contribution in [-0.2, 0) is 7.05 Å². The maximum absolute atomic E-state index is 13.1. The van der Waals surface area contributed by atoms with E-state index in [0.29, 0.717) is 23.5 Å². The summed E-state index contributed by atoms with van der Waals surface area (Å²) >= 11 is 0. The molecule has 176 valence electrons. The number of hydrogen-bond donors (Lipinski definition) is 2. The van der Waals surface area contributed by atoms with Crippen LogP contribution in [-0.4, -0.2) is 56.7 Å². The third-order valence-corrected chi connectivity index (χ3v) is 6.38. The standard InChI is InChI=1S/C25H27N5O4/c1-29-13-16(12-27-29)15-7-8-20-19(9-15)26-14-30(20)17-10-22(33-2)24(23(11-17)34-3)25(32)28-18-5-4-6-21(18)31/h7-14,18,21,31H,4-6H2,1-3H3,(H,28,32)/t18-,21+/m0/s1. The second kappa shape index (κ2) is 8.83. The fourth-order valence-electron chi connectivity index (χ4n) is 4.58. The third-order valence-electron chi connectivity index (χ3n) is 6.38. The second-order valence-corrected chi connectivity index (χ2v) is 8.52. The molecule has 2 aromatic carbocycles. The molecule has 0 unspecified atom stereocenters. The number of aliphatic hydroxyl groups is 1. The molecular formula is C25H27N5O4. The number of nitrogens with one attached hydrogen (secondary N) is 1. The van der Waals surface area contributed by atoms with E-state index in [1.54, 1.807) is 23.1 Å². The minimum atomic E-state index is -0.533. The molecule has 34 heavy (non-hydrogen) atoms. The predicted octanol–water partition coefficient (Wildman–Crippen LogP) is 3.09. The van der Waals surface area contributed by atoms with Gasteiger partial charge in [0.25, 0.3) is 5.91 Å². The van der Waals surface area contributed by atoms with Crippen LogP contribution < -0.4 is 14.8 Å². The topological polar surface area (TPSA) is 103 Å². The van der Waals surface area contributed by atoms with Crippen molar-refractivity contribution in [1.29, 1.82) is 0 Å². The van der Waals surface area contributed by atoms with Gasteiger partial charge >= 0.3 is 0 Å². The molecule has 0 radical (unpaired) electrons. The predicted molar refractivity (Wildman–Crippen MR) is 127 cm³/mol. The average Bonchev–Trinajstić information content (AvgIpc) is 3.57. The quantitative estimate of drug-likeness (QED) is 0.457. The minimum Gasteiger partial charge on any atom is -0.496 e. The molecule has 1 amide bonds. The SMILES string of the molecule is COc1cc(-n2cnc3cc(-c4cnn(C)c4)ccc32)cc(OC)c1C(=O)N[C@H]1CCC[C@H]1O. The smallest absolute Gasteiger partial charge is 0.259 e. The summed E-state index contributed by atoms with van der Waals surface area (Å²) in [7, 11) is 4.93. The molecule has 0 bridgehead atoms. The molecule has 9 heteroatoms. The van der Waals surface area contributed by atoms with Gasteiger partial charge in [-0.2, -0.15) is 5.10 Å². The van der Waals surface area contributed by atoms with E-state index >= 15 is 0 Å². The Bertz CT molecular complexity index is 1330. The van der Waals surface area contributed by atoms with Gasteiger partial charge in [-0.25, -0.2) is 4.98 Å². The van der Waals surface area contributed by atoms with Crippen molar-refractivity contribution in [3.05, 3.63) is 54.6 Å². The van der Waals surface area contributed by atoms with E-state index in [2.05, 4.69) is 15.4 Å². The lowest BCUT2D eigenvalue weighted by Crippen LogP contribution is -2.40. The van der Waals surface area contributed by atoms with Crippen LogP contribution in [0.5, 0.6) is 11.5 Å². The number of aliphatic hydroxyl groups excluding tert-OH is 1. The maximum Gasteiger partial charge on any atom is 0.259 e. The molecule has 5 rings (SSSR count). The van der Waals surface area contributed by atoms with Crippen LogP contribution in [0.25, 0.3) is 27.8 Å². The number of fused-ring (bicyclic) bond motifs is 1. The van der Waals surface area contributed by atoms with Gasteiger partial charge in [0.05, 0.1) is 49.3 Å². The highest BCUT2D eigenvalue weighted by Crippen LogP contribution is 2.34. The number of hydrogen-bond acceptors (Lipinski definition) is 6. The Labute approximate surface area is 196 Å². The molecule has 2 heterocycles. The van der Waals surface area contributed by atoms with E-state index < -0.39 is 6.10 Å². The molecule has 0 saturated heterocycles. The van der Waals surface area contributed by atoms with Crippen molar-refractivity contribution in [3.8, 4) is 28.3 Å². The van der Waals surface area contributed by atoms with Crippen molar-refractivity contribution < 1.29 is 19.4 Å². The number of carbonyl (C=O) groups is 1. The van der Waals surface area contributed by atoms with E-state index in [1.165, 1.54) is 14.2 Å². The lowest BCUT2D eigenvalue weighted by Gasteiger charge is -2.20. The zero-order chi connectivity index (χ0) is 23.8. The van der Waals surface area contributed by atoms with Crippen molar-refractivity contribution >= 4 is 16.9 Å². The van der Waals surface area contributed by atoms with E-state index in [0.717, 1.165) is 40.7 Å². The average molecular weight is 462 g/mol. The Kier molecular flexibility index (Phi) is 5.70. The molecule has 4 aromatic rings. The van der Waals surface area contributed by atoms with Crippen LogP contribution in [0, 0.1) is 0 Å². The van der Waals surface area contributed by atoms with Crippen LogP contribution in [0.2, 0.25) is 0 Å². The van der Waals surface area contributed by atoms with Gasteiger partial charge in [-0.3, -0.25) is 14.0 Å². The minimum absolute atomic E-state index is 0.270. The van der Waals surface area contributed by atoms with Crippen LogP contribution in [0.1, 0.15) is 29.6 Å². The van der Waals surface area contributed by atoms with E-state index in [9.17, 15) is 9.90 Å².